The number of carbonyl (C=O) groups is 1. The number of nitrogens with one attached hydrogen (secondary N) is 1. The summed E-state index contributed by atoms with van der Waals surface area (Å²) in [4.78, 5) is 17.9. The van der Waals surface area contributed by atoms with Gasteiger partial charge in [0.1, 0.15) is 0 Å². The van der Waals surface area contributed by atoms with Crippen LogP contribution in [0.1, 0.15) is 46.1 Å². The van der Waals surface area contributed by atoms with Crippen molar-refractivity contribution < 1.29 is 4.79 Å². The van der Waals surface area contributed by atoms with Crippen LogP contribution in [0.3, 0.4) is 0 Å². The highest BCUT2D eigenvalue weighted by molar-refractivity contribution is 5.93. The van der Waals surface area contributed by atoms with E-state index in [0.29, 0.717) is 18.2 Å². The van der Waals surface area contributed by atoms with Crippen molar-refractivity contribution in [1.82, 2.24) is 30.1 Å². The minimum atomic E-state index is -0.154. The lowest BCUT2D eigenvalue weighted by Crippen LogP contribution is -2.43. The topological polar surface area (TPSA) is 66.3 Å². The van der Waals surface area contributed by atoms with E-state index < -0.39 is 0 Å². The Labute approximate surface area is 189 Å². The van der Waals surface area contributed by atoms with E-state index in [4.69, 9.17) is 0 Å². The van der Waals surface area contributed by atoms with Gasteiger partial charge < -0.3 is 10.2 Å². The molecule has 2 aromatic carbocycles. The van der Waals surface area contributed by atoms with E-state index in [1.165, 1.54) is 5.56 Å². The van der Waals surface area contributed by atoms with Crippen molar-refractivity contribution in [3.8, 4) is 5.69 Å². The number of hydrogen-bond donors (Lipinski definition) is 1. The van der Waals surface area contributed by atoms with Gasteiger partial charge in [-0.3, -0.25) is 9.69 Å². The lowest BCUT2D eigenvalue weighted by atomic mass is 10.1. The van der Waals surface area contributed by atoms with Crippen molar-refractivity contribution in [3.05, 3.63) is 77.1 Å². The van der Waals surface area contributed by atoms with Crippen molar-refractivity contribution in [2.75, 3.05) is 33.2 Å². The van der Waals surface area contributed by atoms with E-state index >= 15 is 0 Å². The zero-order valence-corrected chi connectivity index (χ0v) is 18.6. The molecule has 0 atom stereocenters. The molecule has 32 heavy (non-hydrogen) atoms. The van der Waals surface area contributed by atoms with Crippen LogP contribution in [0, 0.1) is 0 Å². The second kappa shape index (κ2) is 9.22. The van der Waals surface area contributed by atoms with Gasteiger partial charge in [0.15, 0.2) is 5.69 Å². The van der Waals surface area contributed by atoms with Crippen LogP contribution in [-0.2, 0) is 13.1 Å². The first-order valence-corrected chi connectivity index (χ1v) is 11.5. The average molecular weight is 431 g/mol. The summed E-state index contributed by atoms with van der Waals surface area (Å²) in [6.45, 7) is 5.85. The standard InChI is InChI=1S/C25H30N6O/c1-29-12-14-30(15-13-29)18-20-7-5-6-19(16-20)17-26-25(32)23-24(21-10-11-21)31(28-27-23)22-8-3-2-4-9-22/h2-9,16,21H,10-15,17-18H2,1H3,(H,26,32). The molecular weight excluding hydrogens is 400 g/mol. The number of carbonyl (C=O) groups excluding carboxylic acids is 1. The van der Waals surface area contributed by atoms with Crippen molar-refractivity contribution in [2.24, 2.45) is 0 Å². The van der Waals surface area contributed by atoms with Gasteiger partial charge in [-0.1, -0.05) is 47.7 Å². The summed E-state index contributed by atoms with van der Waals surface area (Å²) < 4.78 is 1.82. The molecule has 1 saturated heterocycles. The van der Waals surface area contributed by atoms with Crippen LogP contribution < -0.4 is 5.32 Å². The number of para-hydroxylation sites is 1. The first kappa shape index (κ1) is 20.8. The van der Waals surface area contributed by atoms with Gasteiger partial charge >= 0.3 is 0 Å². The van der Waals surface area contributed by atoms with Gasteiger partial charge in [0, 0.05) is 45.2 Å². The highest BCUT2D eigenvalue weighted by Gasteiger charge is 2.34. The fourth-order valence-corrected chi connectivity index (χ4v) is 4.30. The Balaban J connectivity index is 1.25. The van der Waals surface area contributed by atoms with Crippen molar-refractivity contribution in [3.63, 3.8) is 0 Å². The van der Waals surface area contributed by atoms with Crippen LogP contribution >= 0.6 is 0 Å². The summed E-state index contributed by atoms with van der Waals surface area (Å²) in [6, 6.07) is 18.4. The highest BCUT2D eigenvalue weighted by atomic mass is 16.2. The fraction of sp³-hybridized carbons (Fsp3) is 0.400. The Kier molecular flexibility index (Phi) is 6.01. The maximum absolute atomic E-state index is 13.0. The van der Waals surface area contributed by atoms with Crippen molar-refractivity contribution >= 4 is 5.91 Å². The van der Waals surface area contributed by atoms with Gasteiger partial charge in [-0.15, -0.1) is 5.10 Å². The Morgan fingerprint density at radius 3 is 2.50 bits per heavy atom. The molecule has 2 fully saturated rings. The number of likely N-dealkylation sites (N-methyl/N-ethyl adjacent to an activating group) is 1. The molecule has 3 aromatic rings. The molecule has 0 bridgehead atoms. The second-order valence-electron chi connectivity index (χ2n) is 8.93. The van der Waals surface area contributed by atoms with Crippen LogP contribution in [0.4, 0.5) is 0 Å². The molecule has 7 heteroatoms. The molecule has 1 aliphatic carbocycles. The van der Waals surface area contributed by atoms with Crippen LogP contribution in [0.25, 0.3) is 5.69 Å². The molecule has 1 aliphatic heterocycles. The zero-order valence-electron chi connectivity index (χ0n) is 18.6. The third-order valence-electron chi connectivity index (χ3n) is 6.33. The van der Waals surface area contributed by atoms with Gasteiger partial charge in [0.05, 0.1) is 11.4 Å². The monoisotopic (exact) mass is 430 g/mol. The number of rotatable bonds is 7. The Bertz CT molecular complexity index is 1070. The fourth-order valence-electron chi connectivity index (χ4n) is 4.30. The third-order valence-corrected chi connectivity index (χ3v) is 6.33. The van der Waals surface area contributed by atoms with Crippen LogP contribution in [0.5, 0.6) is 0 Å². The van der Waals surface area contributed by atoms with Gasteiger partial charge in [-0.2, -0.15) is 0 Å². The first-order valence-electron chi connectivity index (χ1n) is 11.5. The summed E-state index contributed by atoms with van der Waals surface area (Å²) in [6.07, 6.45) is 2.16. The molecule has 166 valence electrons. The summed E-state index contributed by atoms with van der Waals surface area (Å²) in [7, 11) is 2.17. The molecule has 0 radical (unpaired) electrons. The van der Waals surface area contributed by atoms with Crippen LogP contribution in [0.15, 0.2) is 54.6 Å². The van der Waals surface area contributed by atoms with E-state index in [0.717, 1.165) is 62.5 Å². The Hall–Kier alpha value is -3.03. The number of amides is 1. The zero-order chi connectivity index (χ0) is 21.9. The van der Waals surface area contributed by atoms with Crippen LogP contribution in [0.2, 0.25) is 0 Å². The van der Waals surface area contributed by atoms with Gasteiger partial charge in [-0.25, -0.2) is 4.68 Å². The number of nitrogens with zero attached hydrogens (tertiary/aromatic N) is 5. The largest absolute Gasteiger partial charge is 0.347 e. The number of aromatic nitrogens is 3. The quantitative estimate of drug-likeness (QED) is 0.624. The number of piperazine rings is 1. The predicted octanol–water partition coefficient (Wildman–Crippen LogP) is 2.82. The normalized spacial score (nSPS) is 17.4. The molecule has 2 heterocycles. The molecule has 7 nitrogen and oxygen atoms in total. The van der Waals surface area contributed by atoms with Gasteiger partial charge in [-0.05, 0) is 43.1 Å². The summed E-state index contributed by atoms with van der Waals surface area (Å²) in [5.41, 5.74) is 4.71. The SMILES string of the molecule is CN1CCN(Cc2cccc(CNC(=O)c3nnn(-c4ccccc4)c3C3CC3)c2)CC1. The molecule has 1 amide bonds. The Morgan fingerprint density at radius 2 is 1.75 bits per heavy atom. The van der Waals surface area contributed by atoms with E-state index in [2.05, 4.69) is 56.7 Å². The third kappa shape index (κ3) is 4.74. The van der Waals surface area contributed by atoms with E-state index in [1.807, 2.05) is 35.0 Å². The molecular formula is C25H30N6O. The van der Waals surface area contributed by atoms with Crippen molar-refractivity contribution in [2.45, 2.75) is 31.8 Å². The second-order valence-corrected chi connectivity index (χ2v) is 8.93. The number of benzene rings is 2. The molecule has 1 N–H and O–H groups in total. The summed E-state index contributed by atoms with van der Waals surface area (Å²) in [5, 5.41) is 11.6. The Morgan fingerprint density at radius 1 is 1.00 bits per heavy atom. The summed E-state index contributed by atoms with van der Waals surface area (Å²) in [5.74, 6) is 0.205. The lowest BCUT2D eigenvalue weighted by Gasteiger charge is -2.32. The van der Waals surface area contributed by atoms with Crippen LogP contribution in [-0.4, -0.2) is 63.9 Å². The molecule has 2 aliphatic rings. The number of hydrogen-bond acceptors (Lipinski definition) is 5. The smallest absolute Gasteiger partial charge is 0.274 e. The molecule has 0 unspecified atom stereocenters. The van der Waals surface area contributed by atoms with E-state index in [1.54, 1.807) is 0 Å². The molecule has 1 aromatic heterocycles. The minimum absolute atomic E-state index is 0.154. The minimum Gasteiger partial charge on any atom is -0.347 e. The van der Waals surface area contributed by atoms with E-state index in [9.17, 15) is 4.79 Å². The summed E-state index contributed by atoms with van der Waals surface area (Å²) >= 11 is 0. The average Bonchev–Trinajstić information content (AvgIpc) is 3.57. The maximum Gasteiger partial charge on any atom is 0.274 e. The first-order chi connectivity index (χ1) is 15.7. The highest BCUT2D eigenvalue weighted by Crippen LogP contribution is 2.41. The maximum atomic E-state index is 13.0. The molecule has 0 spiro atoms. The van der Waals surface area contributed by atoms with Crippen molar-refractivity contribution in [1.29, 1.82) is 0 Å². The van der Waals surface area contributed by atoms with E-state index in [-0.39, 0.29) is 5.91 Å². The molecule has 5 rings (SSSR count). The van der Waals surface area contributed by atoms with Gasteiger partial charge in [0.2, 0.25) is 0 Å². The van der Waals surface area contributed by atoms with Gasteiger partial charge in [0.25, 0.3) is 5.91 Å². The molecule has 1 saturated carbocycles. The lowest BCUT2D eigenvalue weighted by molar-refractivity contribution is 0.0944. The predicted molar refractivity (Wildman–Crippen MR) is 124 cm³/mol.